The Morgan fingerprint density at radius 2 is 1.89 bits per heavy atom. The van der Waals surface area contributed by atoms with Crippen molar-refractivity contribution in [1.29, 1.82) is 0 Å². The molecule has 144 valence electrons. The minimum atomic E-state index is -0.486. The normalized spacial score (nSPS) is 11.4. The Morgan fingerprint density at radius 3 is 2.56 bits per heavy atom. The van der Waals surface area contributed by atoms with Gasteiger partial charge in [0.05, 0.1) is 25.4 Å². The molecule has 0 saturated carbocycles. The summed E-state index contributed by atoms with van der Waals surface area (Å²) in [4.78, 5) is 24.1. The summed E-state index contributed by atoms with van der Waals surface area (Å²) in [5.41, 5.74) is 2.25. The first kappa shape index (κ1) is 20.9. The number of carbonyl (C=O) groups is 2. The standard InChI is InChI=1S/C19H21Cl2N3O3/c1-11-4-7-17(27-3)16(8-11)24-18(25)10-22-19(26)23-12(2)14-6-5-13(20)9-15(14)21/h4-9,12H,10H2,1-3H3,(H,24,25)(H2,22,23,26)/t12-/m0/s1. The summed E-state index contributed by atoms with van der Waals surface area (Å²) in [6, 6.07) is 9.65. The van der Waals surface area contributed by atoms with Gasteiger partial charge in [-0.25, -0.2) is 4.79 Å². The number of amides is 3. The molecule has 0 aliphatic heterocycles. The van der Waals surface area contributed by atoms with Crippen LogP contribution in [0.4, 0.5) is 10.5 Å². The minimum absolute atomic E-state index is 0.190. The summed E-state index contributed by atoms with van der Waals surface area (Å²) >= 11 is 12.0. The third-order valence-electron chi connectivity index (χ3n) is 3.82. The van der Waals surface area contributed by atoms with Crippen molar-refractivity contribution < 1.29 is 14.3 Å². The first-order valence-corrected chi connectivity index (χ1v) is 8.99. The van der Waals surface area contributed by atoms with Gasteiger partial charge in [-0.2, -0.15) is 0 Å². The van der Waals surface area contributed by atoms with E-state index in [-0.39, 0.29) is 18.5 Å². The summed E-state index contributed by atoms with van der Waals surface area (Å²) in [7, 11) is 1.52. The van der Waals surface area contributed by atoms with Crippen LogP contribution in [0.15, 0.2) is 36.4 Å². The lowest BCUT2D eigenvalue weighted by Gasteiger charge is -2.16. The number of ether oxygens (including phenoxy) is 1. The van der Waals surface area contributed by atoms with Gasteiger partial charge in [-0.1, -0.05) is 35.3 Å². The number of halogens is 2. The van der Waals surface area contributed by atoms with Gasteiger partial charge < -0.3 is 20.7 Å². The van der Waals surface area contributed by atoms with Gasteiger partial charge in [-0.15, -0.1) is 0 Å². The number of benzene rings is 2. The van der Waals surface area contributed by atoms with Crippen molar-refractivity contribution in [2.24, 2.45) is 0 Å². The molecule has 8 heteroatoms. The molecule has 6 nitrogen and oxygen atoms in total. The monoisotopic (exact) mass is 409 g/mol. The molecule has 0 fully saturated rings. The molecule has 27 heavy (non-hydrogen) atoms. The fraction of sp³-hybridized carbons (Fsp3) is 0.263. The van der Waals surface area contributed by atoms with E-state index in [2.05, 4.69) is 16.0 Å². The number of hydrogen-bond acceptors (Lipinski definition) is 3. The molecule has 0 saturated heterocycles. The average molecular weight is 410 g/mol. The van der Waals surface area contributed by atoms with Crippen molar-refractivity contribution in [3.63, 3.8) is 0 Å². The largest absolute Gasteiger partial charge is 0.495 e. The number of carbonyl (C=O) groups excluding carboxylic acids is 2. The second-order valence-electron chi connectivity index (χ2n) is 5.97. The first-order valence-electron chi connectivity index (χ1n) is 8.24. The van der Waals surface area contributed by atoms with Crippen molar-refractivity contribution in [1.82, 2.24) is 10.6 Å². The SMILES string of the molecule is COc1ccc(C)cc1NC(=O)CNC(=O)N[C@@H](C)c1ccc(Cl)cc1Cl. The third kappa shape index (κ3) is 6.05. The lowest BCUT2D eigenvalue weighted by molar-refractivity contribution is -0.115. The number of urea groups is 1. The molecule has 2 aromatic carbocycles. The highest BCUT2D eigenvalue weighted by Gasteiger charge is 2.14. The smallest absolute Gasteiger partial charge is 0.315 e. The molecule has 3 amide bonds. The van der Waals surface area contributed by atoms with Crippen LogP contribution in [0, 0.1) is 6.92 Å². The molecule has 0 spiro atoms. The van der Waals surface area contributed by atoms with Gasteiger partial charge in [0.15, 0.2) is 0 Å². The molecule has 0 aromatic heterocycles. The maximum Gasteiger partial charge on any atom is 0.315 e. The number of rotatable bonds is 6. The molecule has 0 aliphatic carbocycles. The lowest BCUT2D eigenvalue weighted by Crippen LogP contribution is -2.41. The Morgan fingerprint density at radius 1 is 1.15 bits per heavy atom. The van der Waals surface area contributed by atoms with Crippen LogP contribution < -0.4 is 20.7 Å². The van der Waals surface area contributed by atoms with Gasteiger partial charge in [0.1, 0.15) is 5.75 Å². The zero-order valence-corrected chi connectivity index (χ0v) is 16.7. The second-order valence-corrected chi connectivity index (χ2v) is 6.81. The van der Waals surface area contributed by atoms with E-state index < -0.39 is 6.03 Å². The lowest BCUT2D eigenvalue weighted by atomic mass is 10.1. The van der Waals surface area contributed by atoms with Gasteiger partial charge in [-0.3, -0.25) is 4.79 Å². The molecule has 0 bridgehead atoms. The maximum absolute atomic E-state index is 12.1. The number of hydrogen-bond donors (Lipinski definition) is 3. The number of methoxy groups -OCH3 is 1. The molecular formula is C19H21Cl2N3O3. The van der Waals surface area contributed by atoms with E-state index in [1.165, 1.54) is 7.11 Å². The molecule has 3 N–H and O–H groups in total. The van der Waals surface area contributed by atoms with Crippen molar-refractivity contribution in [2.45, 2.75) is 19.9 Å². The molecule has 1 atom stereocenters. The van der Waals surface area contributed by atoms with E-state index in [9.17, 15) is 9.59 Å². The van der Waals surface area contributed by atoms with Crippen LogP contribution in [0.2, 0.25) is 10.0 Å². The topological polar surface area (TPSA) is 79.5 Å². The fourth-order valence-corrected chi connectivity index (χ4v) is 3.02. The highest BCUT2D eigenvalue weighted by molar-refractivity contribution is 6.35. The van der Waals surface area contributed by atoms with Crippen LogP contribution in [-0.2, 0) is 4.79 Å². The molecule has 0 aliphatic rings. The Kier molecular flexibility index (Phi) is 7.33. The molecule has 2 aromatic rings. The fourth-order valence-electron chi connectivity index (χ4n) is 2.45. The predicted molar refractivity (Wildman–Crippen MR) is 108 cm³/mol. The first-order chi connectivity index (χ1) is 12.8. The van der Waals surface area contributed by atoms with E-state index in [1.54, 1.807) is 37.3 Å². The van der Waals surface area contributed by atoms with Crippen LogP contribution >= 0.6 is 23.2 Å². The van der Waals surface area contributed by atoms with Crippen LogP contribution in [0.1, 0.15) is 24.1 Å². The quantitative estimate of drug-likeness (QED) is 0.664. The van der Waals surface area contributed by atoms with Gasteiger partial charge in [0.25, 0.3) is 0 Å². The van der Waals surface area contributed by atoms with Crippen molar-refractivity contribution in [3.05, 3.63) is 57.6 Å². The Balaban J connectivity index is 1.88. The van der Waals surface area contributed by atoms with Crippen molar-refractivity contribution in [3.8, 4) is 5.75 Å². The molecule has 0 unspecified atom stereocenters. The van der Waals surface area contributed by atoms with Gasteiger partial charge >= 0.3 is 6.03 Å². The predicted octanol–water partition coefficient (Wildman–Crippen LogP) is 4.31. The average Bonchev–Trinajstić information content (AvgIpc) is 2.60. The van der Waals surface area contributed by atoms with E-state index in [0.29, 0.717) is 21.5 Å². The Bertz CT molecular complexity index is 843. The van der Waals surface area contributed by atoms with E-state index in [4.69, 9.17) is 27.9 Å². The van der Waals surface area contributed by atoms with E-state index >= 15 is 0 Å². The number of nitrogens with one attached hydrogen (secondary N) is 3. The van der Waals surface area contributed by atoms with Gasteiger partial charge in [-0.05, 0) is 49.2 Å². The highest BCUT2D eigenvalue weighted by Crippen LogP contribution is 2.26. The summed E-state index contributed by atoms with van der Waals surface area (Å²) < 4.78 is 5.21. The van der Waals surface area contributed by atoms with Crippen LogP contribution in [0.25, 0.3) is 0 Å². The second kappa shape index (κ2) is 9.48. The molecule has 0 heterocycles. The summed E-state index contributed by atoms with van der Waals surface area (Å²) in [5.74, 6) is 0.177. The molecule has 2 rings (SSSR count). The summed E-state index contributed by atoms with van der Waals surface area (Å²) in [5, 5.41) is 8.93. The zero-order chi connectivity index (χ0) is 20.0. The molecular weight excluding hydrogens is 389 g/mol. The van der Waals surface area contributed by atoms with Crippen LogP contribution in [0.3, 0.4) is 0 Å². The third-order valence-corrected chi connectivity index (χ3v) is 4.38. The molecule has 0 radical (unpaired) electrons. The summed E-state index contributed by atoms with van der Waals surface area (Å²) in [6.07, 6.45) is 0. The summed E-state index contributed by atoms with van der Waals surface area (Å²) in [6.45, 7) is 3.50. The number of aryl methyl sites for hydroxylation is 1. The maximum atomic E-state index is 12.1. The van der Waals surface area contributed by atoms with Crippen molar-refractivity contribution in [2.75, 3.05) is 19.0 Å². The van der Waals surface area contributed by atoms with E-state index in [1.807, 2.05) is 13.0 Å². The van der Waals surface area contributed by atoms with Gasteiger partial charge in [0, 0.05) is 10.0 Å². The minimum Gasteiger partial charge on any atom is -0.495 e. The Labute approximate surface area is 168 Å². The number of anilines is 1. The van der Waals surface area contributed by atoms with Gasteiger partial charge in [0.2, 0.25) is 5.91 Å². The Hall–Kier alpha value is -2.44. The van der Waals surface area contributed by atoms with Crippen LogP contribution in [-0.4, -0.2) is 25.6 Å². The zero-order valence-electron chi connectivity index (χ0n) is 15.2. The highest BCUT2D eigenvalue weighted by atomic mass is 35.5. The van der Waals surface area contributed by atoms with Crippen molar-refractivity contribution >= 4 is 40.8 Å². The van der Waals surface area contributed by atoms with E-state index in [0.717, 1.165) is 11.1 Å². The van der Waals surface area contributed by atoms with Crippen LogP contribution in [0.5, 0.6) is 5.75 Å².